The van der Waals surface area contributed by atoms with Crippen LogP contribution in [0.4, 0.5) is 0 Å². The predicted octanol–water partition coefficient (Wildman–Crippen LogP) is 2.55. The molecule has 0 bridgehead atoms. The SMILES string of the molecule is CCS(=O)(=O)N1CCC(C(=O)NCCCOCC(C)C)(c2ccccc2)CC1. The predicted molar refractivity (Wildman–Crippen MR) is 112 cm³/mol. The van der Waals surface area contributed by atoms with E-state index in [9.17, 15) is 13.2 Å². The average Bonchev–Trinajstić information content (AvgIpc) is 2.70. The van der Waals surface area contributed by atoms with Gasteiger partial charge in [0.15, 0.2) is 0 Å². The largest absolute Gasteiger partial charge is 0.381 e. The minimum absolute atomic E-state index is 0.0175. The Kier molecular flexibility index (Phi) is 8.46. The summed E-state index contributed by atoms with van der Waals surface area (Å²) in [5.41, 5.74) is 0.275. The monoisotopic (exact) mass is 410 g/mol. The Morgan fingerprint density at radius 1 is 1.21 bits per heavy atom. The maximum atomic E-state index is 13.2. The summed E-state index contributed by atoms with van der Waals surface area (Å²) in [5, 5.41) is 3.06. The van der Waals surface area contributed by atoms with Crippen molar-refractivity contribution in [3.05, 3.63) is 35.9 Å². The fourth-order valence-electron chi connectivity index (χ4n) is 3.60. The van der Waals surface area contributed by atoms with E-state index in [0.717, 1.165) is 18.6 Å². The van der Waals surface area contributed by atoms with Gasteiger partial charge in [-0.3, -0.25) is 4.79 Å². The van der Waals surface area contributed by atoms with E-state index in [-0.39, 0.29) is 11.7 Å². The molecule has 1 saturated heterocycles. The number of carbonyl (C=O) groups excluding carboxylic acids is 1. The number of amides is 1. The first kappa shape index (κ1) is 22.8. The highest BCUT2D eigenvalue weighted by molar-refractivity contribution is 7.89. The van der Waals surface area contributed by atoms with Gasteiger partial charge in [-0.2, -0.15) is 0 Å². The summed E-state index contributed by atoms with van der Waals surface area (Å²) in [6.07, 6.45) is 1.75. The van der Waals surface area contributed by atoms with Crippen LogP contribution in [0, 0.1) is 5.92 Å². The zero-order valence-corrected chi connectivity index (χ0v) is 18.1. The number of nitrogens with one attached hydrogen (secondary N) is 1. The number of rotatable bonds is 10. The highest BCUT2D eigenvalue weighted by atomic mass is 32.2. The second kappa shape index (κ2) is 10.4. The van der Waals surface area contributed by atoms with Gasteiger partial charge in [-0.1, -0.05) is 44.2 Å². The molecule has 0 saturated carbocycles. The van der Waals surface area contributed by atoms with Crippen molar-refractivity contribution in [1.82, 2.24) is 9.62 Å². The molecule has 28 heavy (non-hydrogen) atoms. The third-order valence-electron chi connectivity index (χ3n) is 5.30. The standard InChI is InChI=1S/C21H34N2O4S/c1-4-28(25,26)23-14-11-21(12-15-23,19-9-6-5-7-10-19)20(24)22-13-8-16-27-17-18(2)3/h5-7,9-10,18H,4,8,11-17H2,1-3H3,(H,22,24). The molecular formula is C21H34N2O4S. The maximum Gasteiger partial charge on any atom is 0.230 e. The molecule has 0 unspecified atom stereocenters. The fourth-order valence-corrected chi connectivity index (χ4v) is 4.70. The summed E-state index contributed by atoms with van der Waals surface area (Å²) in [6, 6.07) is 9.72. The van der Waals surface area contributed by atoms with Crippen LogP contribution in [0.3, 0.4) is 0 Å². The molecule has 1 N–H and O–H groups in total. The van der Waals surface area contributed by atoms with Crippen molar-refractivity contribution in [2.24, 2.45) is 5.92 Å². The lowest BCUT2D eigenvalue weighted by atomic mass is 9.72. The Morgan fingerprint density at radius 2 is 1.86 bits per heavy atom. The summed E-state index contributed by atoms with van der Waals surface area (Å²) < 4.78 is 31.5. The van der Waals surface area contributed by atoms with Crippen LogP contribution in [-0.4, -0.2) is 57.2 Å². The Morgan fingerprint density at radius 3 is 2.43 bits per heavy atom. The molecule has 1 heterocycles. The Labute approximate surface area is 169 Å². The molecule has 7 heteroatoms. The lowest BCUT2D eigenvalue weighted by molar-refractivity contribution is -0.128. The summed E-state index contributed by atoms with van der Waals surface area (Å²) in [4.78, 5) is 13.2. The molecule has 0 aliphatic carbocycles. The lowest BCUT2D eigenvalue weighted by Crippen LogP contribution is -2.53. The van der Waals surface area contributed by atoms with Crippen LogP contribution in [0.1, 0.15) is 45.6 Å². The van der Waals surface area contributed by atoms with Crippen LogP contribution in [-0.2, 0) is 25.0 Å². The van der Waals surface area contributed by atoms with Gasteiger partial charge in [-0.05, 0) is 37.7 Å². The number of hydrogen-bond acceptors (Lipinski definition) is 4. The van der Waals surface area contributed by atoms with E-state index in [0.29, 0.717) is 45.0 Å². The van der Waals surface area contributed by atoms with Gasteiger partial charge in [0, 0.05) is 32.8 Å². The Hall–Kier alpha value is -1.44. The summed E-state index contributed by atoms with van der Waals surface area (Å²) >= 11 is 0. The Balaban J connectivity index is 2.02. The minimum atomic E-state index is -3.23. The first-order valence-electron chi connectivity index (χ1n) is 10.2. The van der Waals surface area contributed by atoms with Crippen LogP contribution in [0.25, 0.3) is 0 Å². The van der Waals surface area contributed by atoms with E-state index in [1.54, 1.807) is 6.92 Å². The van der Waals surface area contributed by atoms with Crippen molar-refractivity contribution in [1.29, 1.82) is 0 Å². The minimum Gasteiger partial charge on any atom is -0.381 e. The molecule has 1 aliphatic heterocycles. The van der Waals surface area contributed by atoms with Crippen molar-refractivity contribution in [3.8, 4) is 0 Å². The Bertz CT molecular complexity index is 711. The van der Waals surface area contributed by atoms with Gasteiger partial charge in [-0.15, -0.1) is 0 Å². The van der Waals surface area contributed by atoms with E-state index in [1.807, 2.05) is 30.3 Å². The number of sulfonamides is 1. The van der Waals surface area contributed by atoms with E-state index in [2.05, 4.69) is 19.2 Å². The number of ether oxygens (including phenoxy) is 1. The molecule has 1 fully saturated rings. The molecule has 0 spiro atoms. The first-order valence-corrected chi connectivity index (χ1v) is 11.8. The highest BCUT2D eigenvalue weighted by Crippen LogP contribution is 2.36. The van der Waals surface area contributed by atoms with Crippen LogP contribution >= 0.6 is 0 Å². The van der Waals surface area contributed by atoms with Crippen LogP contribution in [0.15, 0.2) is 30.3 Å². The van der Waals surface area contributed by atoms with E-state index in [4.69, 9.17) is 4.74 Å². The quantitative estimate of drug-likeness (QED) is 0.602. The zero-order chi connectivity index (χ0) is 20.6. The molecule has 0 radical (unpaired) electrons. The summed E-state index contributed by atoms with van der Waals surface area (Å²) in [5.74, 6) is 0.574. The molecule has 1 aromatic rings. The summed E-state index contributed by atoms with van der Waals surface area (Å²) in [7, 11) is -3.23. The van der Waals surface area contributed by atoms with E-state index < -0.39 is 15.4 Å². The van der Waals surface area contributed by atoms with Gasteiger partial charge in [0.1, 0.15) is 0 Å². The number of carbonyl (C=O) groups is 1. The number of benzene rings is 1. The van der Waals surface area contributed by atoms with Crippen LogP contribution in [0.2, 0.25) is 0 Å². The third kappa shape index (κ3) is 5.78. The molecule has 1 aromatic carbocycles. The van der Waals surface area contributed by atoms with Gasteiger partial charge in [0.05, 0.1) is 11.2 Å². The highest BCUT2D eigenvalue weighted by Gasteiger charge is 2.44. The van der Waals surface area contributed by atoms with E-state index in [1.165, 1.54) is 4.31 Å². The first-order chi connectivity index (χ1) is 13.3. The molecule has 0 aromatic heterocycles. The van der Waals surface area contributed by atoms with Gasteiger partial charge in [0.2, 0.25) is 15.9 Å². The molecule has 0 atom stereocenters. The second-order valence-electron chi connectivity index (χ2n) is 7.83. The van der Waals surface area contributed by atoms with Crippen molar-refractivity contribution >= 4 is 15.9 Å². The van der Waals surface area contributed by atoms with Gasteiger partial charge in [0.25, 0.3) is 0 Å². The molecule has 2 rings (SSSR count). The third-order valence-corrected chi connectivity index (χ3v) is 7.18. The lowest BCUT2D eigenvalue weighted by Gasteiger charge is -2.40. The van der Waals surface area contributed by atoms with Crippen molar-refractivity contribution < 1.29 is 17.9 Å². The maximum absolute atomic E-state index is 13.2. The van der Waals surface area contributed by atoms with Gasteiger partial charge >= 0.3 is 0 Å². The number of nitrogens with zero attached hydrogens (tertiary/aromatic N) is 1. The topological polar surface area (TPSA) is 75.7 Å². The zero-order valence-electron chi connectivity index (χ0n) is 17.3. The number of piperidine rings is 1. The molecule has 1 aliphatic rings. The molecule has 158 valence electrons. The van der Waals surface area contributed by atoms with Crippen LogP contribution < -0.4 is 5.32 Å². The molecular weight excluding hydrogens is 376 g/mol. The fraction of sp³-hybridized carbons (Fsp3) is 0.667. The average molecular weight is 411 g/mol. The van der Waals surface area contributed by atoms with Crippen molar-refractivity contribution in [3.63, 3.8) is 0 Å². The number of hydrogen-bond donors (Lipinski definition) is 1. The summed E-state index contributed by atoms with van der Waals surface area (Å²) in [6.45, 7) is 8.52. The van der Waals surface area contributed by atoms with Crippen molar-refractivity contribution in [2.45, 2.75) is 45.4 Å². The molecule has 1 amide bonds. The van der Waals surface area contributed by atoms with Gasteiger partial charge < -0.3 is 10.1 Å². The normalized spacial score (nSPS) is 17.6. The smallest absolute Gasteiger partial charge is 0.230 e. The van der Waals surface area contributed by atoms with Crippen molar-refractivity contribution in [2.75, 3.05) is 38.6 Å². The molecule has 6 nitrogen and oxygen atoms in total. The van der Waals surface area contributed by atoms with E-state index >= 15 is 0 Å². The van der Waals surface area contributed by atoms with Gasteiger partial charge in [-0.25, -0.2) is 12.7 Å². The van der Waals surface area contributed by atoms with Crippen LogP contribution in [0.5, 0.6) is 0 Å². The second-order valence-corrected chi connectivity index (χ2v) is 10.1.